The monoisotopic (exact) mass is 965 g/mol. The lowest BCUT2D eigenvalue weighted by atomic mass is 10.2. The minimum Gasteiger partial charge on any atom is -0.390 e. The summed E-state index contributed by atoms with van der Waals surface area (Å²) in [4.78, 5) is 24.7. The molecule has 0 bridgehead atoms. The zero-order valence-electron chi connectivity index (χ0n) is 39.1. The van der Waals surface area contributed by atoms with Crippen molar-refractivity contribution >= 4 is 89.3 Å². The summed E-state index contributed by atoms with van der Waals surface area (Å²) in [6.45, 7) is 4.88. The average molecular weight is 966 g/mol. The fourth-order valence-electron chi connectivity index (χ4n) is 7.19. The normalized spacial score (nSPS) is 11.5. The number of para-hydroxylation sites is 2. The Labute approximate surface area is 411 Å². The molecule has 0 aliphatic heterocycles. The Balaban J connectivity index is 0.644. The molecule has 3 aromatic heterocycles. The Bertz CT molecular complexity index is 2830. The van der Waals surface area contributed by atoms with Crippen LogP contribution in [0.25, 0.3) is 21.8 Å². The number of fused-ring (bicyclic) bond motifs is 2. The van der Waals surface area contributed by atoms with Crippen LogP contribution in [0.1, 0.15) is 12.8 Å². The van der Waals surface area contributed by atoms with E-state index in [9.17, 15) is 9.59 Å². The second-order valence-electron chi connectivity index (χ2n) is 16.0. The number of carbonyl (C=O) groups is 2. The van der Waals surface area contributed by atoms with Crippen LogP contribution in [-0.2, 0) is 36.8 Å². The molecule has 0 aliphatic carbocycles. The van der Waals surface area contributed by atoms with Crippen molar-refractivity contribution in [3.05, 3.63) is 153 Å². The van der Waals surface area contributed by atoms with E-state index < -0.39 is 0 Å². The molecule has 0 fully saturated rings. The predicted molar refractivity (Wildman–Crippen MR) is 278 cm³/mol. The summed E-state index contributed by atoms with van der Waals surface area (Å²) in [5.74, 6) is 1.48. The molecule has 0 radical (unpaired) electrons. The highest BCUT2D eigenvalue weighted by Gasteiger charge is 2.11. The van der Waals surface area contributed by atoms with E-state index in [2.05, 4.69) is 90.3 Å². The van der Waals surface area contributed by atoms with Crippen molar-refractivity contribution in [2.24, 2.45) is 34.6 Å². The number of carbonyl (C=O) groups excluding carboxylic acids is 2. The van der Waals surface area contributed by atoms with E-state index in [-0.39, 0.29) is 24.9 Å². The van der Waals surface area contributed by atoms with Gasteiger partial charge in [-0.05, 0) is 67.1 Å². The van der Waals surface area contributed by atoms with Gasteiger partial charge in [-0.15, -0.1) is 10.2 Å². The van der Waals surface area contributed by atoms with Crippen LogP contribution in [0.15, 0.2) is 173 Å². The highest BCUT2D eigenvalue weighted by molar-refractivity contribution is 8.76. The first-order chi connectivity index (χ1) is 33.9. The summed E-state index contributed by atoms with van der Waals surface area (Å²) >= 11 is 0. The van der Waals surface area contributed by atoms with Crippen LogP contribution >= 0.6 is 21.6 Å². The van der Waals surface area contributed by atoms with Crippen LogP contribution in [0.3, 0.4) is 0 Å². The number of amides is 2. The molecular weight excluding hydrogens is 905 g/mol. The van der Waals surface area contributed by atoms with Crippen LogP contribution in [-0.4, -0.2) is 67.2 Å². The van der Waals surface area contributed by atoms with Gasteiger partial charge in [0, 0.05) is 98.7 Å². The Kier molecular flexibility index (Phi) is 19.3. The SMILES string of the molecule is C[n+]1ccc(N=Nc2ccc(NCCCN/C=C\NCC(=O)NCCSSCCNC(=O)C[n+]3ccn(CCCNc4ccc(N=Nc5cc[n+](C)c6ccccc56)cc4)c3)cc2)c2ccccc21. The Morgan fingerprint density at radius 1 is 0.580 bits per heavy atom. The fourth-order valence-corrected chi connectivity index (χ4v) is 9.00. The molecular formula is C51H61N14O2S2+3. The van der Waals surface area contributed by atoms with Crippen molar-refractivity contribution in [3.8, 4) is 0 Å². The fraction of sp³-hybridized carbons (Fsp3) is 0.275. The van der Waals surface area contributed by atoms with Crippen LogP contribution in [0.5, 0.6) is 0 Å². The molecule has 7 rings (SSSR count). The van der Waals surface area contributed by atoms with Crippen molar-refractivity contribution in [2.75, 3.05) is 61.4 Å². The van der Waals surface area contributed by atoms with Crippen molar-refractivity contribution in [1.82, 2.24) is 25.8 Å². The minimum atomic E-state index is -0.0612. The number of nitrogens with zero attached hydrogens (tertiary/aromatic N) is 8. The van der Waals surface area contributed by atoms with Gasteiger partial charge >= 0.3 is 0 Å². The van der Waals surface area contributed by atoms with Crippen molar-refractivity contribution in [1.29, 1.82) is 0 Å². The third-order valence-corrected chi connectivity index (χ3v) is 13.2. The Hall–Kier alpha value is -7.31. The lowest BCUT2D eigenvalue weighted by Crippen LogP contribution is -2.42. The van der Waals surface area contributed by atoms with Gasteiger partial charge in [0.2, 0.25) is 23.3 Å². The van der Waals surface area contributed by atoms with E-state index in [4.69, 9.17) is 0 Å². The molecule has 356 valence electrons. The summed E-state index contributed by atoms with van der Waals surface area (Å²) in [6, 6.07) is 36.2. The van der Waals surface area contributed by atoms with Gasteiger partial charge in [-0.2, -0.15) is 10.2 Å². The molecule has 0 spiro atoms. The smallest absolute Gasteiger partial charge is 0.262 e. The molecule has 0 unspecified atom stereocenters. The van der Waals surface area contributed by atoms with Crippen molar-refractivity contribution < 1.29 is 23.3 Å². The summed E-state index contributed by atoms with van der Waals surface area (Å²) in [6.07, 6.45) is 15.3. The van der Waals surface area contributed by atoms with E-state index in [0.29, 0.717) is 13.1 Å². The first kappa shape index (κ1) is 49.6. The maximum atomic E-state index is 12.5. The molecule has 18 heteroatoms. The number of azo groups is 2. The highest BCUT2D eigenvalue weighted by Crippen LogP contribution is 2.27. The van der Waals surface area contributed by atoms with Crippen LogP contribution in [0, 0.1) is 0 Å². The second-order valence-corrected chi connectivity index (χ2v) is 18.8. The van der Waals surface area contributed by atoms with Gasteiger partial charge in [-0.1, -0.05) is 45.9 Å². The maximum Gasteiger partial charge on any atom is 0.262 e. The number of imidazole rings is 1. The molecule has 0 saturated carbocycles. The number of anilines is 2. The first-order valence-electron chi connectivity index (χ1n) is 23.1. The number of hydrogen-bond acceptors (Lipinski definition) is 12. The molecule has 0 saturated heterocycles. The molecule has 7 aromatic rings. The van der Waals surface area contributed by atoms with E-state index in [1.807, 2.05) is 141 Å². The maximum absolute atomic E-state index is 12.5. The van der Waals surface area contributed by atoms with Gasteiger partial charge in [0.1, 0.15) is 37.9 Å². The van der Waals surface area contributed by atoms with Gasteiger partial charge in [-0.3, -0.25) is 9.59 Å². The molecule has 0 atom stereocenters. The lowest BCUT2D eigenvalue weighted by Gasteiger charge is -2.07. The summed E-state index contributed by atoms with van der Waals surface area (Å²) in [5, 5.41) is 39.1. The third kappa shape index (κ3) is 16.2. The van der Waals surface area contributed by atoms with Crippen LogP contribution < -0.4 is 45.6 Å². The van der Waals surface area contributed by atoms with Gasteiger partial charge in [-0.25, -0.2) is 18.3 Å². The first-order valence-corrected chi connectivity index (χ1v) is 25.6. The highest BCUT2D eigenvalue weighted by atomic mass is 33.1. The number of benzene rings is 4. The molecule has 4 aromatic carbocycles. The summed E-state index contributed by atoms with van der Waals surface area (Å²) < 4.78 is 8.13. The van der Waals surface area contributed by atoms with Crippen molar-refractivity contribution in [3.63, 3.8) is 0 Å². The number of nitrogens with one attached hydrogen (secondary N) is 6. The molecule has 0 aliphatic rings. The number of aromatic nitrogens is 4. The Morgan fingerprint density at radius 3 is 1.71 bits per heavy atom. The van der Waals surface area contributed by atoms with E-state index in [1.54, 1.807) is 27.8 Å². The van der Waals surface area contributed by atoms with E-state index in [1.165, 1.54) is 0 Å². The number of hydrogen-bond donors (Lipinski definition) is 6. The molecule has 6 N–H and O–H groups in total. The molecule has 69 heavy (non-hydrogen) atoms. The summed E-state index contributed by atoms with van der Waals surface area (Å²) in [5.41, 5.74) is 7.53. The van der Waals surface area contributed by atoms with Crippen LogP contribution in [0.2, 0.25) is 0 Å². The zero-order chi connectivity index (χ0) is 47.9. The van der Waals surface area contributed by atoms with E-state index in [0.717, 1.165) is 106 Å². The molecule has 3 heterocycles. The zero-order valence-corrected chi connectivity index (χ0v) is 40.8. The third-order valence-electron chi connectivity index (χ3n) is 10.8. The van der Waals surface area contributed by atoms with Gasteiger partial charge < -0.3 is 31.9 Å². The van der Waals surface area contributed by atoms with Gasteiger partial charge in [0.15, 0.2) is 18.9 Å². The number of aryl methyl sites for hydroxylation is 3. The number of rotatable bonds is 27. The Morgan fingerprint density at radius 2 is 1.12 bits per heavy atom. The predicted octanol–water partition coefficient (Wildman–Crippen LogP) is 7.83. The molecule has 16 nitrogen and oxygen atoms in total. The number of pyridine rings is 2. The summed E-state index contributed by atoms with van der Waals surface area (Å²) in [7, 11) is 7.40. The minimum absolute atomic E-state index is 0.0225. The van der Waals surface area contributed by atoms with Crippen LogP contribution in [0.4, 0.5) is 34.1 Å². The molecule has 2 amide bonds. The second kappa shape index (κ2) is 26.9. The lowest BCUT2D eigenvalue weighted by molar-refractivity contribution is -0.684. The van der Waals surface area contributed by atoms with Gasteiger partial charge in [0.05, 0.1) is 35.2 Å². The van der Waals surface area contributed by atoms with Crippen molar-refractivity contribution in [2.45, 2.75) is 25.9 Å². The quantitative estimate of drug-likeness (QED) is 0.0131. The largest absolute Gasteiger partial charge is 0.390 e. The topological polar surface area (TPSA) is 172 Å². The average Bonchev–Trinajstić information content (AvgIpc) is 3.82. The van der Waals surface area contributed by atoms with Gasteiger partial charge in [0.25, 0.3) is 5.91 Å². The van der Waals surface area contributed by atoms with E-state index >= 15 is 0 Å². The standard InChI is InChI=1S/C51H58N14O2S2/c1-62-31-21-46(44-9-3-5-11-48(44)62)60-58-42-17-13-40(14-18-42)54-24-7-23-52-26-27-53-37-50(66)56-28-35-68-69-36-29-57-51(67)38-65-34-33-64(39-65)30-8-25-55-41-15-19-43(20-16-41)59-61-47-22-32-63(2)49-12-6-4-10-45(47)49/h3-6,9-22,26-27,31-34,39H,7-8,23-25,28-30,35-38H2,1-2H3,(H3-,52,53,54,55,56,57,58,59,66,67)/p+3.